The molecule has 0 amide bonds. The van der Waals surface area contributed by atoms with Crippen LogP contribution in [0.4, 0.5) is 8.78 Å². The Morgan fingerprint density at radius 1 is 1.40 bits per heavy atom. The van der Waals surface area contributed by atoms with Crippen molar-refractivity contribution in [2.24, 2.45) is 11.8 Å². The van der Waals surface area contributed by atoms with Crippen molar-refractivity contribution in [1.29, 1.82) is 0 Å². The minimum Gasteiger partial charge on any atom is -0.271 e. The van der Waals surface area contributed by atoms with Gasteiger partial charge in [-0.1, -0.05) is 33.6 Å². The van der Waals surface area contributed by atoms with Gasteiger partial charge in [-0.05, 0) is 42.9 Å². The van der Waals surface area contributed by atoms with E-state index in [1.54, 1.807) is 0 Å². The standard InChI is InChI=1S/C14H18BrClF2N2/c15-11-2-1-10(12(16)8-11)7-13(20-19)9-3-5-14(17,18)6-4-9/h1-2,8-9,13,20H,3-7,19H2. The summed E-state index contributed by atoms with van der Waals surface area (Å²) in [5, 5.41) is 0.667. The Morgan fingerprint density at radius 2 is 2.05 bits per heavy atom. The zero-order chi connectivity index (χ0) is 14.8. The third-order valence-electron chi connectivity index (χ3n) is 4.00. The lowest BCUT2D eigenvalue weighted by Gasteiger charge is -2.33. The number of hydrogen-bond acceptors (Lipinski definition) is 2. The Kier molecular flexibility index (Phi) is 5.40. The maximum absolute atomic E-state index is 13.2. The molecule has 1 aromatic rings. The second-order valence-corrected chi connectivity index (χ2v) is 6.73. The number of nitrogens with one attached hydrogen (secondary N) is 1. The van der Waals surface area contributed by atoms with Gasteiger partial charge >= 0.3 is 0 Å². The molecule has 6 heteroatoms. The summed E-state index contributed by atoms with van der Waals surface area (Å²) in [7, 11) is 0. The van der Waals surface area contributed by atoms with Crippen molar-refractivity contribution < 1.29 is 8.78 Å². The molecule has 0 aromatic heterocycles. The minimum absolute atomic E-state index is 0.0234. The molecule has 3 N–H and O–H groups in total. The smallest absolute Gasteiger partial charge is 0.248 e. The fraction of sp³-hybridized carbons (Fsp3) is 0.571. The van der Waals surface area contributed by atoms with Crippen LogP contribution in [-0.4, -0.2) is 12.0 Å². The summed E-state index contributed by atoms with van der Waals surface area (Å²) in [6.07, 6.45) is 1.54. The molecule has 0 bridgehead atoms. The van der Waals surface area contributed by atoms with Crippen LogP contribution in [0.2, 0.25) is 5.02 Å². The first-order valence-corrected chi connectivity index (χ1v) is 7.86. The van der Waals surface area contributed by atoms with E-state index >= 15 is 0 Å². The summed E-state index contributed by atoms with van der Waals surface area (Å²) in [5.74, 6) is 3.27. The second kappa shape index (κ2) is 6.69. The van der Waals surface area contributed by atoms with Crippen LogP contribution in [0.3, 0.4) is 0 Å². The minimum atomic E-state index is -2.51. The summed E-state index contributed by atoms with van der Waals surface area (Å²) in [4.78, 5) is 0. The van der Waals surface area contributed by atoms with E-state index in [2.05, 4.69) is 21.4 Å². The van der Waals surface area contributed by atoms with Gasteiger partial charge in [0, 0.05) is 28.4 Å². The van der Waals surface area contributed by atoms with Gasteiger partial charge in [-0.15, -0.1) is 0 Å². The molecule has 2 rings (SSSR count). The number of rotatable bonds is 4. The van der Waals surface area contributed by atoms with E-state index in [0.29, 0.717) is 24.3 Å². The highest BCUT2D eigenvalue weighted by Crippen LogP contribution is 2.38. The van der Waals surface area contributed by atoms with Crippen LogP contribution in [0.5, 0.6) is 0 Å². The molecule has 0 saturated heterocycles. The van der Waals surface area contributed by atoms with Crippen LogP contribution < -0.4 is 11.3 Å². The molecule has 0 radical (unpaired) electrons. The lowest BCUT2D eigenvalue weighted by molar-refractivity contribution is -0.0495. The quantitative estimate of drug-likeness (QED) is 0.615. The number of nitrogens with two attached hydrogens (primary N) is 1. The van der Waals surface area contributed by atoms with E-state index < -0.39 is 5.92 Å². The van der Waals surface area contributed by atoms with Gasteiger partial charge in [0.05, 0.1) is 0 Å². The first kappa shape index (κ1) is 16.1. The van der Waals surface area contributed by atoms with E-state index in [1.165, 1.54) is 0 Å². The summed E-state index contributed by atoms with van der Waals surface area (Å²) in [5.41, 5.74) is 3.76. The highest BCUT2D eigenvalue weighted by Gasteiger charge is 2.37. The SMILES string of the molecule is NNC(Cc1ccc(Br)cc1Cl)C1CCC(F)(F)CC1. The number of benzene rings is 1. The number of halogens is 4. The Balaban J connectivity index is 2.02. The first-order chi connectivity index (χ1) is 9.41. The summed E-state index contributed by atoms with van der Waals surface area (Å²) in [6, 6.07) is 5.67. The van der Waals surface area contributed by atoms with Crippen molar-refractivity contribution in [2.45, 2.75) is 44.1 Å². The van der Waals surface area contributed by atoms with Crippen LogP contribution in [0.25, 0.3) is 0 Å². The highest BCUT2D eigenvalue weighted by atomic mass is 79.9. The summed E-state index contributed by atoms with van der Waals surface area (Å²) < 4.78 is 27.3. The van der Waals surface area contributed by atoms with Crippen molar-refractivity contribution in [2.75, 3.05) is 0 Å². The maximum Gasteiger partial charge on any atom is 0.248 e. The molecule has 1 aliphatic rings. The van der Waals surface area contributed by atoms with Crippen LogP contribution in [0.1, 0.15) is 31.2 Å². The lowest BCUT2D eigenvalue weighted by Crippen LogP contribution is -2.44. The first-order valence-electron chi connectivity index (χ1n) is 6.69. The summed E-state index contributed by atoms with van der Waals surface area (Å²) in [6.45, 7) is 0. The molecule has 1 aromatic carbocycles. The number of hydrazine groups is 1. The molecule has 0 spiro atoms. The molecule has 1 atom stereocenters. The highest BCUT2D eigenvalue weighted by molar-refractivity contribution is 9.10. The molecule has 1 fully saturated rings. The predicted molar refractivity (Wildman–Crippen MR) is 80.9 cm³/mol. The molecule has 1 unspecified atom stereocenters. The zero-order valence-electron chi connectivity index (χ0n) is 11.0. The molecule has 1 aliphatic carbocycles. The van der Waals surface area contributed by atoms with Crippen LogP contribution in [0.15, 0.2) is 22.7 Å². The average molecular weight is 368 g/mol. The van der Waals surface area contributed by atoms with E-state index in [9.17, 15) is 8.78 Å². The molecule has 1 saturated carbocycles. The maximum atomic E-state index is 13.2. The number of hydrogen-bond donors (Lipinski definition) is 2. The Bertz CT molecular complexity index is 460. The molecule has 0 heterocycles. The van der Waals surface area contributed by atoms with Gasteiger partial charge in [0.1, 0.15) is 0 Å². The van der Waals surface area contributed by atoms with E-state index in [4.69, 9.17) is 17.4 Å². The van der Waals surface area contributed by atoms with Gasteiger partial charge in [-0.3, -0.25) is 11.3 Å². The molecular weight excluding hydrogens is 350 g/mol. The molecule has 2 nitrogen and oxygen atoms in total. The van der Waals surface area contributed by atoms with Gasteiger partial charge in [0.15, 0.2) is 0 Å². The second-order valence-electron chi connectivity index (χ2n) is 5.41. The topological polar surface area (TPSA) is 38.0 Å². The van der Waals surface area contributed by atoms with Crippen molar-refractivity contribution in [1.82, 2.24) is 5.43 Å². The lowest BCUT2D eigenvalue weighted by atomic mass is 9.80. The largest absolute Gasteiger partial charge is 0.271 e. The Morgan fingerprint density at radius 3 is 2.60 bits per heavy atom. The van der Waals surface area contributed by atoms with Gasteiger partial charge in [-0.25, -0.2) is 8.78 Å². The predicted octanol–water partition coefficient (Wildman–Crippen LogP) is 4.30. The average Bonchev–Trinajstić information content (AvgIpc) is 2.39. The molecule has 0 aliphatic heterocycles. The fourth-order valence-electron chi connectivity index (χ4n) is 2.75. The Hall–Kier alpha value is -0.230. The fourth-order valence-corrected chi connectivity index (χ4v) is 3.50. The monoisotopic (exact) mass is 366 g/mol. The van der Waals surface area contributed by atoms with Crippen molar-refractivity contribution in [3.05, 3.63) is 33.3 Å². The third kappa shape index (κ3) is 4.13. The van der Waals surface area contributed by atoms with E-state index in [-0.39, 0.29) is 24.8 Å². The van der Waals surface area contributed by atoms with Crippen LogP contribution in [0, 0.1) is 5.92 Å². The molecule has 112 valence electrons. The van der Waals surface area contributed by atoms with Crippen LogP contribution >= 0.6 is 27.5 Å². The van der Waals surface area contributed by atoms with Crippen molar-refractivity contribution >= 4 is 27.5 Å². The van der Waals surface area contributed by atoms with Gasteiger partial charge < -0.3 is 0 Å². The van der Waals surface area contributed by atoms with Gasteiger partial charge in [0.2, 0.25) is 5.92 Å². The van der Waals surface area contributed by atoms with E-state index in [1.807, 2.05) is 18.2 Å². The van der Waals surface area contributed by atoms with E-state index in [0.717, 1.165) is 10.0 Å². The van der Waals surface area contributed by atoms with Gasteiger partial charge in [-0.2, -0.15) is 0 Å². The van der Waals surface area contributed by atoms with Crippen molar-refractivity contribution in [3.8, 4) is 0 Å². The van der Waals surface area contributed by atoms with Crippen LogP contribution in [-0.2, 0) is 6.42 Å². The number of alkyl halides is 2. The normalized spacial score (nSPS) is 20.9. The van der Waals surface area contributed by atoms with Crippen molar-refractivity contribution in [3.63, 3.8) is 0 Å². The summed E-state index contributed by atoms with van der Waals surface area (Å²) >= 11 is 9.56. The zero-order valence-corrected chi connectivity index (χ0v) is 13.4. The molecule has 20 heavy (non-hydrogen) atoms. The van der Waals surface area contributed by atoms with Gasteiger partial charge in [0.25, 0.3) is 0 Å². The Labute approximate surface area is 131 Å². The third-order valence-corrected chi connectivity index (χ3v) is 4.84. The molecular formula is C14H18BrClF2N2.